The van der Waals surface area contributed by atoms with Gasteiger partial charge < -0.3 is 9.64 Å². The lowest BCUT2D eigenvalue weighted by Gasteiger charge is -2.16. The van der Waals surface area contributed by atoms with Crippen LogP contribution in [0, 0.1) is 0 Å². The van der Waals surface area contributed by atoms with Crippen LogP contribution in [0.5, 0.6) is 0 Å². The molecule has 3 rings (SSSR count). The lowest BCUT2D eigenvalue weighted by atomic mass is 10.1. The minimum Gasteiger partial charge on any atom is -0.443 e. The maximum absolute atomic E-state index is 12.6. The van der Waals surface area contributed by atoms with Gasteiger partial charge in [-0.1, -0.05) is 47.7 Å². The number of carbonyl (C=O) groups is 1. The van der Waals surface area contributed by atoms with Crippen LogP contribution in [0.3, 0.4) is 0 Å². The Morgan fingerprint density at radius 1 is 1.07 bits per heavy atom. The van der Waals surface area contributed by atoms with Crippen molar-refractivity contribution in [2.24, 2.45) is 0 Å². The third-order valence-corrected chi connectivity index (χ3v) is 4.13. The maximum atomic E-state index is 12.6. The number of ether oxygens (including phenoxy) is 1. The Hall–Kier alpha value is -3.36. The van der Waals surface area contributed by atoms with E-state index in [1.54, 1.807) is 13.2 Å². The maximum Gasteiger partial charge on any atom is 0.416 e. The summed E-state index contributed by atoms with van der Waals surface area (Å²) in [7, 11) is 1.64. The summed E-state index contributed by atoms with van der Waals surface area (Å²) in [4.78, 5) is 13.5. The van der Waals surface area contributed by atoms with Crippen molar-refractivity contribution in [1.82, 2.24) is 19.9 Å². The lowest BCUT2D eigenvalue weighted by Crippen LogP contribution is -2.26. The molecule has 0 N–H and O–H groups in total. The second kappa shape index (κ2) is 8.76. The Bertz CT molecular complexity index is 940. The van der Waals surface area contributed by atoms with E-state index in [1.165, 1.54) is 21.7 Å². The predicted molar refractivity (Wildman–Crippen MR) is 98.7 cm³/mol. The smallest absolute Gasteiger partial charge is 0.416 e. The molecule has 3 aromatic rings. The van der Waals surface area contributed by atoms with Crippen molar-refractivity contribution in [3.63, 3.8) is 0 Å². The molecule has 0 saturated carbocycles. The topological polar surface area (TPSA) is 60.2 Å². The van der Waals surface area contributed by atoms with Gasteiger partial charge in [-0.15, -0.1) is 5.10 Å². The molecule has 0 aliphatic rings. The number of halogens is 3. The Morgan fingerprint density at radius 3 is 2.41 bits per heavy atom. The number of alkyl halides is 3. The number of carbonyl (C=O) groups excluding carboxylic acids is 1. The van der Waals surface area contributed by atoms with E-state index in [0.717, 1.165) is 17.7 Å². The molecule has 0 radical (unpaired) electrons. The van der Waals surface area contributed by atoms with Crippen LogP contribution >= 0.6 is 0 Å². The van der Waals surface area contributed by atoms with E-state index in [4.69, 9.17) is 4.74 Å². The summed E-state index contributed by atoms with van der Waals surface area (Å²) in [5.74, 6) is 0. The van der Waals surface area contributed by atoms with Crippen LogP contribution < -0.4 is 0 Å². The zero-order valence-corrected chi connectivity index (χ0v) is 15.6. The Balaban J connectivity index is 1.50. The normalized spacial score (nSPS) is 11.3. The van der Waals surface area contributed by atoms with Crippen LogP contribution in [-0.2, 0) is 30.6 Å². The standard InChI is InChI=1S/C20H19F3N4O2/c1-26(11-15-5-3-2-4-6-15)19(28)29-14-18-13-27(25-24-18)12-16-7-9-17(10-8-16)20(21,22)23/h2-10,13H,11-12,14H2,1H3. The molecule has 6 nitrogen and oxygen atoms in total. The van der Waals surface area contributed by atoms with Crippen LogP contribution in [-0.4, -0.2) is 33.0 Å². The van der Waals surface area contributed by atoms with Crippen LogP contribution in [0.1, 0.15) is 22.4 Å². The van der Waals surface area contributed by atoms with Gasteiger partial charge in [0.1, 0.15) is 12.3 Å². The van der Waals surface area contributed by atoms with Gasteiger partial charge in [-0.2, -0.15) is 13.2 Å². The van der Waals surface area contributed by atoms with Crippen LogP contribution in [0.2, 0.25) is 0 Å². The van der Waals surface area contributed by atoms with E-state index in [1.807, 2.05) is 30.3 Å². The highest BCUT2D eigenvalue weighted by atomic mass is 19.4. The van der Waals surface area contributed by atoms with Crippen LogP contribution in [0.4, 0.5) is 18.0 Å². The first-order valence-electron chi connectivity index (χ1n) is 8.78. The van der Waals surface area contributed by atoms with Crippen molar-refractivity contribution in [2.45, 2.75) is 25.9 Å². The largest absolute Gasteiger partial charge is 0.443 e. The summed E-state index contributed by atoms with van der Waals surface area (Å²) in [6, 6.07) is 14.3. The second-order valence-electron chi connectivity index (χ2n) is 6.50. The van der Waals surface area contributed by atoms with E-state index in [-0.39, 0.29) is 13.2 Å². The van der Waals surface area contributed by atoms with Gasteiger partial charge in [0.05, 0.1) is 18.3 Å². The van der Waals surface area contributed by atoms with Crippen LogP contribution in [0.15, 0.2) is 60.8 Å². The van der Waals surface area contributed by atoms with Crippen molar-refractivity contribution in [3.8, 4) is 0 Å². The molecule has 0 spiro atoms. The number of rotatable bonds is 6. The van der Waals surface area contributed by atoms with Gasteiger partial charge >= 0.3 is 12.3 Å². The molecule has 1 heterocycles. The molecule has 1 amide bonds. The molecule has 0 bridgehead atoms. The summed E-state index contributed by atoms with van der Waals surface area (Å²) in [6.07, 6.45) is -3.27. The Labute approximate surface area is 165 Å². The van der Waals surface area contributed by atoms with E-state index in [2.05, 4.69) is 10.3 Å². The number of benzene rings is 2. The number of nitrogens with zero attached hydrogens (tertiary/aromatic N) is 4. The quantitative estimate of drug-likeness (QED) is 0.620. The van der Waals surface area contributed by atoms with Gasteiger partial charge in [0.25, 0.3) is 0 Å². The number of hydrogen-bond acceptors (Lipinski definition) is 4. The third kappa shape index (κ3) is 5.81. The van der Waals surface area contributed by atoms with Gasteiger partial charge in [0.2, 0.25) is 0 Å². The number of aromatic nitrogens is 3. The van der Waals surface area contributed by atoms with Crippen LogP contribution in [0.25, 0.3) is 0 Å². The molecule has 0 aliphatic heterocycles. The van der Waals surface area contributed by atoms with E-state index < -0.39 is 17.8 Å². The number of amides is 1. The van der Waals surface area contributed by atoms with Crippen molar-refractivity contribution in [2.75, 3.05) is 7.05 Å². The van der Waals surface area contributed by atoms with Gasteiger partial charge in [0.15, 0.2) is 0 Å². The first-order chi connectivity index (χ1) is 13.8. The second-order valence-corrected chi connectivity index (χ2v) is 6.50. The first kappa shape index (κ1) is 20.4. The highest BCUT2D eigenvalue weighted by Gasteiger charge is 2.29. The SMILES string of the molecule is CN(Cc1ccccc1)C(=O)OCc1cn(Cc2ccc(C(F)(F)F)cc2)nn1. The molecule has 29 heavy (non-hydrogen) atoms. The molecule has 0 atom stereocenters. The Kier molecular flexibility index (Phi) is 6.16. The third-order valence-electron chi connectivity index (χ3n) is 4.13. The monoisotopic (exact) mass is 404 g/mol. The molecule has 0 fully saturated rings. The molecule has 152 valence electrons. The lowest BCUT2D eigenvalue weighted by molar-refractivity contribution is -0.137. The van der Waals surface area contributed by atoms with E-state index in [9.17, 15) is 18.0 Å². The fraction of sp³-hybridized carbons (Fsp3) is 0.250. The Morgan fingerprint density at radius 2 is 1.76 bits per heavy atom. The zero-order chi connectivity index (χ0) is 20.9. The van der Waals surface area contributed by atoms with Gasteiger partial charge in [-0.25, -0.2) is 9.48 Å². The van der Waals surface area contributed by atoms with E-state index >= 15 is 0 Å². The molecule has 9 heteroatoms. The fourth-order valence-electron chi connectivity index (χ4n) is 2.64. The minimum atomic E-state index is -4.36. The molecular weight excluding hydrogens is 385 g/mol. The highest BCUT2D eigenvalue weighted by Crippen LogP contribution is 2.29. The predicted octanol–water partition coefficient (Wildman–Crippen LogP) is 4.11. The average molecular weight is 404 g/mol. The van der Waals surface area contributed by atoms with Crippen molar-refractivity contribution in [3.05, 3.63) is 83.2 Å². The van der Waals surface area contributed by atoms with Gasteiger partial charge in [-0.3, -0.25) is 0 Å². The average Bonchev–Trinajstić information content (AvgIpc) is 3.14. The van der Waals surface area contributed by atoms with Crippen molar-refractivity contribution in [1.29, 1.82) is 0 Å². The highest BCUT2D eigenvalue weighted by molar-refractivity contribution is 5.67. The van der Waals surface area contributed by atoms with Crippen molar-refractivity contribution >= 4 is 6.09 Å². The number of hydrogen-bond donors (Lipinski definition) is 0. The van der Waals surface area contributed by atoms with Gasteiger partial charge in [-0.05, 0) is 23.3 Å². The summed E-state index contributed by atoms with van der Waals surface area (Å²) in [5, 5.41) is 7.83. The first-order valence-corrected chi connectivity index (χ1v) is 8.78. The molecule has 0 aliphatic carbocycles. The summed E-state index contributed by atoms with van der Waals surface area (Å²) in [5.41, 5.74) is 1.37. The summed E-state index contributed by atoms with van der Waals surface area (Å²) in [6.45, 7) is 0.623. The molecule has 0 saturated heterocycles. The fourth-order valence-corrected chi connectivity index (χ4v) is 2.64. The summed E-state index contributed by atoms with van der Waals surface area (Å²) >= 11 is 0. The van der Waals surface area contributed by atoms with E-state index in [0.29, 0.717) is 17.8 Å². The molecular formula is C20H19F3N4O2. The zero-order valence-electron chi connectivity index (χ0n) is 15.6. The van der Waals surface area contributed by atoms with Gasteiger partial charge in [0, 0.05) is 13.6 Å². The summed E-state index contributed by atoms with van der Waals surface area (Å²) < 4.78 is 44.5. The molecule has 1 aromatic heterocycles. The van der Waals surface area contributed by atoms with Crippen molar-refractivity contribution < 1.29 is 22.7 Å². The molecule has 0 unspecified atom stereocenters. The minimum absolute atomic E-state index is 0.0506. The molecule has 2 aromatic carbocycles.